The van der Waals surface area contributed by atoms with E-state index in [1.54, 1.807) is 39.8 Å². The van der Waals surface area contributed by atoms with Crippen LogP contribution in [0.15, 0.2) is 42.5 Å². The second kappa shape index (κ2) is 12.5. The Balaban J connectivity index is 2.18. The number of aromatic hydroxyl groups is 1. The standard InChI is InChI=1S/C28H39N3O5/c1-18-15-22(32)16-19(2)23(18)17-24(29)26(34)31(14-10-13-21-11-8-7-9-12-21)20(3)25(33)30-27(35)36-28(4,5)6/h7-9,11-12,15-16,20,24,32H,10,13-14,17,29H2,1-6H3,(H,30,33,35)/t20-,24-/m1/s1. The zero-order valence-electron chi connectivity index (χ0n) is 22.1. The first-order chi connectivity index (χ1) is 16.8. The van der Waals surface area contributed by atoms with E-state index in [0.29, 0.717) is 6.42 Å². The van der Waals surface area contributed by atoms with Crippen molar-refractivity contribution in [1.82, 2.24) is 10.2 Å². The van der Waals surface area contributed by atoms with Crippen molar-refractivity contribution in [3.8, 4) is 5.75 Å². The van der Waals surface area contributed by atoms with Crippen LogP contribution in [0.2, 0.25) is 0 Å². The van der Waals surface area contributed by atoms with Gasteiger partial charge in [0, 0.05) is 6.54 Å². The molecular weight excluding hydrogens is 458 g/mol. The smallest absolute Gasteiger partial charge is 0.414 e. The number of carbonyl (C=O) groups is 3. The quantitative estimate of drug-likeness (QED) is 0.485. The molecule has 0 fully saturated rings. The summed E-state index contributed by atoms with van der Waals surface area (Å²) < 4.78 is 5.18. The third kappa shape index (κ3) is 8.68. The number of benzene rings is 2. The fraction of sp³-hybridized carbons (Fsp3) is 0.464. The summed E-state index contributed by atoms with van der Waals surface area (Å²) in [5.41, 5.74) is 9.26. The van der Waals surface area contributed by atoms with Crippen molar-refractivity contribution in [3.63, 3.8) is 0 Å². The van der Waals surface area contributed by atoms with Crippen LogP contribution in [0.5, 0.6) is 5.75 Å². The molecule has 2 aromatic rings. The molecule has 4 N–H and O–H groups in total. The summed E-state index contributed by atoms with van der Waals surface area (Å²) in [7, 11) is 0. The summed E-state index contributed by atoms with van der Waals surface area (Å²) >= 11 is 0. The van der Waals surface area contributed by atoms with E-state index >= 15 is 0 Å². The number of phenols is 1. The Morgan fingerprint density at radius 1 is 1.08 bits per heavy atom. The molecule has 0 saturated heterocycles. The van der Waals surface area contributed by atoms with Crippen LogP contribution in [-0.2, 0) is 27.2 Å². The Bertz CT molecular complexity index is 1040. The van der Waals surface area contributed by atoms with E-state index in [2.05, 4.69) is 5.32 Å². The maximum atomic E-state index is 13.5. The molecule has 0 radical (unpaired) electrons. The fourth-order valence-corrected chi connectivity index (χ4v) is 4.06. The van der Waals surface area contributed by atoms with Gasteiger partial charge in [-0.3, -0.25) is 14.9 Å². The molecule has 2 rings (SSSR count). The zero-order valence-corrected chi connectivity index (χ0v) is 22.1. The predicted octanol–water partition coefficient (Wildman–Crippen LogP) is 3.78. The molecule has 8 nitrogen and oxygen atoms in total. The van der Waals surface area contributed by atoms with Gasteiger partial charge in [-0.15, -0.1) is 0 Å². The number of imide groups is 1. The third-order valence-electron chi connectivity index (χ3n) is 5.88. The third-order valence-corrected chi connectivity index (χ3v) is 5.88. The molecule has 2 atom stereocenters. The van der Waals surface area contributed by atoms with Crippen molar-refractivity contribution in [1.29, 1.82) is 0 Å². The van der Waals surface area contributed by atoms with Crippen molar-refractivity contribution in [2.45, 2.75) is 78.5 Å². The van der Waals surface area contributed by atoms with Gasteiger partial charge in [0.2, 0.25) is 5.91 Å². The zero-order chi connectivity index (χ0) is 27.0. The number of nitrogens with zero attached hydrogens (tertiary/aromatic N) is 1. The van der Waals surface area contributed by atoms with Gasteiger partial charge in [-0.1, -0.05) is 30.3 Å². The number of ether oxygens (including phenoxy) is 1. The maximum absolute atomic E-state index is 13.5. The van der Waals surface area contributed by atoms with Crippen LogP contribution in [0.3, 0.4) is 0 Å². The lowest BCUT2D eigenvalue weighted by Crippen LogP contribution is -2.55. The van der Waals surface area contributed by atoms with Crippen LogP contribution in [0, 0.1) is 13.8 Å². The average molecular weight is 498 g/mol. The second-order valence-electron chi connectivity index (χ2n) is 10.2. The van der Waals surface area contributed by atoms with Crippen molar-refractivity contribution < 1.29 is 24.2 Å². The Labute approximate surface area is 213 Å². The van der Waals surface area contributed by atoms with Crippen molar-refractivity contribution in [2.24, 2.45) is 5.73 Å². The van der Waals surface area contributed by atoms with Crippen LogP contribution >= 0.6 is 0 Å². The molecular formula is C28H39N3O5. The van der Waals surface area contributed by atoms with E-state index in [9.17, 15) is 19.5 Å². The molecule has 0 spiro atoms. The molecule has 0 aromatic heterocycles. The summed E-state index contributed by atoms with van der Waals surface area (Å²) in [6.45, 7) is 10.7. The molecule has 36 heavy (non-hydrogen) atoms. The molecule has 0 aliphatic heterocycles. The highest BCUT2D eigenvalue weighted by Gasteiger charge is 2.31. The van der Waals surface area contributed by atoms with E-state index < -0.39 is 29.7 Å². The Kier molecular flexibility index (Phi) is 10.0. The van der Waals surface area contributed by atoms with Gasteiger partial charge < -0.3 is 20.5 Å². The first-order valence-electron chi connectivity index (χ1n) is 12.2. The molecule has 0 heterocycles. The Morgan fingerprint density at radius 2 is 1.67 bits per heavy atom. The molecule has 0 saturated carbocycles. The van der Waals surface area contributed by atoms with Gasteiger partial charge in [0.25, 0.3) is 5.91 Å². The highest BCUT2D eigenvalue weighted by Crippen LogP contribution is 2.22. The molecule has 0 unspecified atom stereocenters. The van der Waals surface area contributed by atoms with Crippen molar-refractivity contribution in [2.75, 3.05) is 6.54 Å². The molecule has 8 heteroatoms. The Hall–Kier alpha value is -3.39. The lowest BCUT2D eigenvalue weighted by Gasteiger charge is -2.31. The summed E-state index contributed by atoms with van der Waals surface area (Å²) in [5, 5.41) is 12.1. The van der Waals surface area contributed by atoms with Crippen LogP contribution in [-0.4, -0.2) is 52.1 Å². The minimum atomic E-state index is -0.936. The molecule has 196 valence electrons. The summed E-state index contributed by atoms with van der Waals surface area (Å²) in [6.07, 6.45) is 0.725. The lowest BCUT2D eigenvalue weighted by atomic mass is 9.95. The molecule has 3 amide bonds. The van der Waals surface area contributed by atoms with Gasteiger partial charge in [-0.25, -0.2) is 4.79 Å². The van der Waals surface area contributed by atoms with E-state index in [1.807, 2.05) is 44.2 Å². The molecule has 0 aliphatic carbocycles. The second-order valence-corrected chi connectivity index (χ2v) is 10.2. The SMILES string of the molecule is Cc1cc(O)cc(C)c1C[C@@H](N)C(=O)N(CCCc1ccccc1)[C@H](C)C(=O)NC(=O)OC(C)(C)C. The number of nitrogens with one attached hydrogen (secondary N) is 1. The van der Waals surface area contributed by atoms with Crippen molar-refractivity contribution >= 4 is 17.9 Å². The highest BCUT2D eigenvalue weighted by molar-refractivity contribution is 5.97. The minimum Gasteiger partial charge on any atom is -0.508 e. The number of amides is 3. The van der Waals surface area contributed by atoms with Crippen LogP contribution in [0.25, 0.3) is 0 Å². The van der Waals surface area contributed by atoms with Crippen LogP contribution in [0.1, 0.15) is 56.4 Å². The first-order valence-corrected chi connectivity index (χ1v) is 12.2. The maximum Gasteiger partial charge on any atom is 0.414 e. The van der Waals surface area contributed by atoms with Crippen molar-refractivity contribution in [3.05, 3.63) is 64.7 Å². The average Bonchev–Trinajstić information content (AvgIpc) is 2.77. The first kappa shape index (κ1) is 28.8. The normalized spacial score (nSPS) is 13.0. The molecule has 2 aromatic carbocycles. The van der Waals surface area contributed by atoms with Gasteiger partial charge in [0.1, 0.15) is 17.4 Å². The number of hydrogen-bond donors (Lipinski definition) is 3. The largest absolute Gasteiger partial charge is 0.508 e. The number of phenolic OH excluding ortho intramolecular Hbond substituents is 1. The van der Waals surface area contributed by atoms with Gasteiger partial charge >= 0.3 is 6.09 Å². The monoisotopic (exact) mass is 497 g/mol. The van der Waals surface area contributed by atoms with Crippen LogP contribution < -0.4 is 11.1 Å². The summed E-state index contributed by atoms with van der Waals surface area (Å²) in [6, 6.07) is 11.3. The van der Waals surface area contributed by atoms with Gasteiger partial charge in [0.05, 0.1) is 6.04 Å². The number of aryl methyl sites for hydroxylation is 3. The van der Waals surface area contributed by atoms with E-state index in [0.717, 1.165) is 28.7 Å². The number of hydrogen-bond acceptors (Lipinski definition) is 6. The number of rotatable bonds is 9. The predicted molar refractivity (Wildman–Crippen MR) is 140 cm³/mol. The Morgan fingerprint density at radius 3 is 2.22 bits per heavy atom. The van der Waals surface area contributed by atoms with Gasteiger partial charge in [-0.2, -0.15) is 0 Å². The van der Waals surface area contributed by atoms with Gasteiger partial charge in [0.15, 0.2) is 0 Å². The fourth-order valence-electron chi connectivity index (χ4n) is 4.06. The highest BCUT2D eigenvalue weighted by atomic mass is 16.6. The number of carbonyl (C=O) groups excluding carboxylic acids is 3. The molecule has 0 bridgehead atoms. The minimum absolute atomic E-state index is 0.156. The van der Waals surface area contributed by atoms with E-state index in [4.69, 9.17) is 10.5 Å². The number of alkyl carbamates (subject to hydrolysis) is 1. The number of nitrogens with two attached hydrogens (primary N) is 1. The summed E-state index contributed by atoms with van der Waals surface area (Å²) in [5.74, 6) is -0.869. The van der Waals surface area contributed by atoms with E-state index in [-0.39, 0.29) is 24.6 Å². The van der Waals surface area contributed by atoms with Gasteiger partial charge in [-0.05, 0) is 95.2 Å². The lowest BCUT2D eigenvalue weighted by molar-refractivity contribution is -0.140. The summed E-state index contributed by atoms with van der Waals surface area (Å²) in [4.78, 5) is 39.9. The van der Waals surface area contributed by atoms with Crippen LogP contribution in [0.4, 0.5) is 4.79 Å². The molecule has 0 aliphatic rings. The van der Waals surface area contributed by atoms with E-state index in [1.165, 1.54) is 4.90 Å². The topological polar surface area (TPSA) is 122 Å².